The number of hydrogen-bond donors (Lipinski definition) is 2. The average molecular weight is 245 g/mol. The fourth-order valence-electron chi connectivity index (χ4n) is 3.52. The van der Waals surface area contributed by atoms with Gasteiger partial charge in [-0.15, -0.1) is 0 Å². The molecule has 1 aliphatic heterocycles. The molecule has 1 saturated heterocycles. The summed E-state index contributed by atoms with van der Waals surface area (Å²) in [6.07, 6.45) is 8.52. The molecule has 1 fully saturated rings. The predicted molar refractivity (Wildman–Crippen MR) is 74.0 cm³/mol. The van der Waals surface area contributed by atoms with Crippen LogP contribution in [0.3, 0.4) is 0 Å². The van der Waals surface area contributed by atoms with Gasteiger partial charge in [-0.05, 0) is 75.3 Å². The molecule has 1 aromatic rings. The first kappa shape index (κ1) is 12.0. The van der Waals surface area contributed by atoms with Crippen molar-refractivity contribution in [2.75, 3.05) is 6.54 Å². The molecule has 0 saturated carbocycles. The van der Waals surface area contributed by atoms with Gasteiger partial charge in [-0.1, -0.05) is 6.42 Å². The molecule has 0 bridgehead atoms. The minimum atomic E-state index is -0.0224. The Hall–Kier alpha value is -1.02. The molecule has 2 nitrogen and oxygen atoms in total. The van der Waals surface area contributed by atoms with E-state index in [1.54, 1.807) is 0 Å². The number of nitrogens with one attached hydrogen (secondary N) is 1. The van der Waals surface area contributed by atoms with Crippen molar-refractivity contribution in [3.63, 3.8) is 0 Å². The highest BCUT2D eigenvalue weighted by atomic mass is 16.3. The molecule has 98 valence electrons. The maximum atomic E-state index is 10.3. The van der Waals surface area contributed by atoms with E-state index in [1.165, 1.54) is 43.2 Å². The van der Waals surface area contributed by atoms with Gasteiger partial charge in [0.05, 0.1) is 0 Å². The number of aromatic hydroxyl groups is 1. The number of rotatable bonds is 1. The second-order valence-electron chi connectivity index (χ2n) is 6.06. The van der Waals surface area contributed by atoms with Crippen LogP contribution in [0.4, 0.5) is 0 Å². The van der Waals surface area contributed by atoms with E-state index in [2.05, 4.69) is 18.3 Å². The molecule has 2 N–H and O–H groups in total. The van der Waals surface area contributed by atoms with Gasteiger partial charge in [-0.25, -0.2) is 0 Å². The Balaban J connectivity index is 2.02. The van der Waals surface area contributed by atoms with E-state index in [0.29, 0.717) is 5.75 Å². The van der Waals surface area contributed by atoms with E-state index < -0.39 is 0 Å². The Kier molecular flexibility index (Phi) is 3.06. The number of fused-ring (bicyclic) bond motifs is 1. The lowest BCUT2D eigenvalue weighted by atomic mass is 9.86. The maximum absolute atomic E-state index is 10.3. The third kappa shape index (κ3) is 2.03. The third-order valence-corrected chi connectivity index (χ3v) is 4.67. The van der Waals surface area contributed by atoms with Crippen molar-refractivity contribution in [3.8, 4) is 5.75 Å². The third-order valence-electron chi connectivity index (χ3n) is 4.67. The topological polar surface area (TPSA) is 32.3 Å². The van der Waals surface area contributed by atoms with Gasteiger partial charge in [0.2, 0.25) is 0 Å². The summed E-state index contributed by atoms with van der Waals surface area (Å²) in [7, 11) is 0. The Labute approximate surface area is 109 Å². The molecule has 2 aliphatic rings. The molecule has 1 atom stereocenters. The molecule has 1 aliphatic carbocycles. The minimum absolute atomic E-state index is 0.0224. The van der Waals surface area contributed by atoms with Gasteiger partial charge >= 0.3 is 0 Å². The molecule has 3 rings (SSSR count). The van der Waals surface area contributed by atoms with Crippen molar-refractivity contribution in [1.29, 1.82) is 0 Å². The van der Waals surface area contributed by atoms with Crippen LogP contribution in [0.5, 0.6) is 5.75 Å². The molecule has 1 heterocycles. The van der Waals surface area contributed by atoms with Gasteiger partial charge in [0.1, 0.15) is 5.75 Å². The highest BCUT2D eigenvalue weighted by molar-refractivity contribution is 5.46. The van der Waals surface area contributed by atoms with Crippen molar-refractivity contribution < 1.29 is 5.11 Å². The second kappa shape index (κ2) is 4.58. The molecule has 1 aromatic carbocycles. The fourth-order valence-corrected chi connectivity index (χ4v) is 3.52. The molecule has 2 heteroatoms. The molecule has 18 heavy (non-hydrogen) atoms. The van der Waals surface area contributed by atoms with E-state index >= 15 is 0 Å². The summed E-state index contributed by atoms with van der Waals surface area (Å²) in [5.41, 5.74) is 3.93. The summed E-state index contributed by atoms with van der Waals surface area (Å²) in [4.78, 5) is 0. The highest BCUT2D eigenvalue weighted by Crippen LogP contribution is 2.38. The van der Waals surface area contributed by atoms with Crippen molar-refractivity contribution in [2.24, 2.45) is 0 Å². The van der Waals surface area contributed by atoms with Crippen LogP contribution in [0.1, 0.15) is 55.7 Å². The van der Waals surface area contributed by atoms with Gasteiger partial charge in [0.25, 0.3) is 0 Å². The zero-order valence-corrected chi connectivity index (χ0v) is 11.3. The molecular formula is C16H23NO. The summed E-state index contributed by atoms with van der Waals surface area (Å²) in [5.74, 6) is 0.493. The first-order valence-electron chi connectivity index (χ1n) is 7.29. The normalized spacial score (nSPS) is 27.8. The Morgan fingerprint density at radius 2 is 1.78 bits per heavy atom. The first-order chi connectivity index (χ1) is 8.69. The summed E-state index contributed by atoms with van der Waals surface area (Å²) in [5, 5.41) is 13.9. The molecule has 0 radical (unpaired) electrons. The van der Waals surface area contributed by atoms with E-state index in [4.69, 9.17) is 0 Å². The first-order valence-corrected chi connectivity index (χ1v) is 7.29. The van der Waals surface area contributed by atoms with Crippen LogP contribution >= 0.6 is 0 Å². The van der Waals surface area contributed by atoms with Gasteiger partial charge < -0.3 is 10.4 Å². The van der Waals surface area contributed by atoms with Gasteiger partial charge in [0.15, 0.2) is 0 Å². The fraction of sp³-hybridized carbons (Fsp3) is 0.625. The van der Waals surface area contributed by atoms with Crippen molar-refractivity contribution in [1.82, 2.24) is 5.32 Å². The van der Waals surface area contributed by atoms with Gasteiger partial charge in [-0.2, -0.15) is 0 Å². The number of hydrogen-bond acceptors (Lipinski definition) is 2. The quantitative estimate of drug-likeness (QED) is 0.744. The molecule has 0 amide bonds. The zero-order valence-electron chi connectivity index (χ0n) is 11.3. The van der Waals surface area contributed by atoms with E-state index in [9.17, 15) is 5.11 Å². The zero-order chi connectivity index (χ0) is 12.6. The van der Waals surface area contributed by atoms with Crippen LogP contribution in [0.15, 0.2) is 12.1 Å². The Morgan fingerprint density at radius 3 is 2.44 bits per heavy atom. The second-order valence-corrected chi connectivity index (χ2v) is 6.06. The molecule has 0 aromatic heterocycles. The summed E-state index contributed by atoms with van der Waals surface area (Å²) < 4.78 is 0. The van der Waals surface area contributed by atoms with Crippen LogP contribution in [0, 0.1) is 0 Å². The minimum Gasteiger partial charge on any atom is -0.508 e. The number of phenols is 1. The summed E-state index contributed by atoms with van der Waals surface area (Å²) in [6, 6.07) is 4.30. The summed E-state index contributed by atoms with van der Waals surface area (Å²) >= 11 is 0. The van der Waals surface area contributed by atoms with E-state index in [0.717, 1.165) is 24.9 Å². The van der Waals surface area contributed by atoms with Crippen molar-refractivity contribution >= 4 is 0 Å². The van der Waals surface area contributed by atoms with Gasteiger partial charge in [0, 0.05) is 11.1 Å². The predicted octanol–water partition coefficient (Wildman–Crippen LogP) is 3.26. The number of benzene rings is 1. The van der Waals surface area contributed by atoms with Crippen LogP contribution in [0.25, 0.3) is 0 Å². The van der Waals surface area contributed by atoms with E-state index in [1.807, 2.05) is 6.07 Å². The number of phenolic OH excluding ortho intramolecular Hbond substituents is 1. The van der Waals surface area contributed by atoms with Gasteiger partial charge in [-0.3, -0.25) is 0 Å². The largest absolute Gasteiger partial charge is 0.508 e. The lowest BCUT2D eigenvalue weighted by Gasteiger charge is -2.27. The lowest BCUT2D eigenvalue weighted by molar-refractivity contribution is 0.393. The smallest absolute Gasteiger partial charge is 0.120 e. The van der Waals surface area contributed by atoms with Crippen LogP contribution in [-0.2, 0) is 18.4 Å². The van der Waals surface area contributed by atoms with Crippen molar-refractivity contribution in [3.05, 3.63) is 28.8 Å². The van der Waals surface area contributed by atoms with Crippen molar-refractivity contribution in [2.45, 2.75) is 57.4 Å². The highest BCUT2D eigenvalue weighted by Gasteiger charge is 2.33. The van der Waals surface area contributed by atoms with Crippen LogP contribution in [0.2, 0.25) is 0 Å². The monoisotopic (exact) mass is 245 g/mol. The maximum Gasteiger partial charge on any atom is 0.120 e. The summed E-state index contributed by atoms with van der Waals surface area (Å²) in [6.45, 7) is 3.28. The Bertz CT molecular complexity index is 447. The average Bonchev–Trinajstić information content (AvgIpc) is 2.66. The molecule has 0 spiro atoms. The van der Waals surface area contributed by atoms with E-state index in [-0.39, 0.29) is 5.54 Å². The number of aryl methyl sites for hydroxylation is 2. The molecular weight excluding hydrogens is 222 g/mol. The SMILES string of the molecule is CC1(c2cc3c(cc2O)CCCCC3)CCCN1. The lowest BCUT2D eigenvalue weighted by Crippen LogP contribution is -2.33. The Morgan fingerprint density at radius 1 is 1.06 bits per heavy atom. The standard InChI is InChI=1S/C16H23NO/c1-16(8-5-9-17-16)14-10-12-6-3-2-4-7-13(12)11-15(14)18/h10-11,17-18H,2-9H2,1H3. The van der Waals surface area contributed by atoms with Crippen LogP contribution < -0.4 is 5.32 Å². The molecule has 1 unspecified atom stereocenters. The van der Waals surface area contributed by atoms with Crippen LogP contribution in [-0.4, -0.2) is 11.7 Å².